The van der Waals surface area contributed by atoms with Crippen LogP contribution in [0.25, 0.3) is 0 Å². The van der Waals surface area contributed by atoms with Crippen molar-refractivity contribution in [1.29, 1.82) is 0 Å². The van der Waals surface area contributed by atoms with Gasteiger partial charge in [0.2, 0.25) is 0 Å². The molecule has 96 valence electrons. The fourth-order valence-corrected chi connectivity index (χ4v) is 1.86. The molecule has 0 heterocycles. The largest absolute Gasteiger partial charge is 0.0617 e. The van der Waals surface area contributed by atoms with Gasteiger partial charge in [-0.2, -0.15) is 0 Å². The van der Waals surface area contributed by atoms with Gasteiger partial charge in [0.1, 0.15) is 0 Å². The van der Waals surface area contributed by atoms with Crippen molar-refractivity contribution in [2.75, 3.05) is 0 Å². The van der Waals surface area contributed by atoms with Gasteiger partial charge in [0.05, 0.1) is 0 Å². The molecule has 0 atom stereocenters. The number of hydrogen-bond acceptors (Lipinski definition) is 0. The van der Waals surface area contributed by atoms with Crippen LogP contribution in [-0.2, 0) is 12.8 Å². The molecule has 0 aliphatic rings. The summed E-state index contributed by atoms with van der Waals surface area (Å²) in [4.78, 5) is 0. The molecule has 0 aliphatic carbocycles. The Morgan fingerprint density at radius 3 is 1.28 bits per heavy atom. The monoisotopic (exact) mass is 240 g/mol. The first-order valence-electron chi connectivity index (χ1n) is 6.76. The van der Waals surface area contributed by atoms with Crippen LogP contribution in [0.3, 0.4) is 0 Å². The standard InChI is InChI=1S/2C9H12/c2*1-3-9-6-4-5-8(2)7-9/h2*4-7H,3H2,1-2H3. The Morgan fingerprint density at radius 1 is 0.667 bits per heavy atom. The normalized spacial score (nSPS) is 9.56. The van der Waals surface area contributed by atoms with E-state index in [1.165, 1.54) is 22.3 Å². The van der Waals surface area contributed by atoms with E-state index < -0.39 is 0 Å². The molecule has 0 unspecified atom stereocenters. The predicted octanol–water partition coefficient (Wildman–Crippen LogP) is 5.11. The van der Waals surface area contributed by atoms with Gasteiger partial charge in [-0.3, -0.25) is 0 Å². The lowest BCUT2D eigenvalue weighted by Gasteiger charge is -1.95. The molecule has 0 spiro atoms. The maximum Gasteiger partial charge on any atom is -0.0307 e. The molecule has 0 heteroatoms. The summed E-state index contributed by atoms with van der Waals surface area (Å²) >= 11 is 0. The van der Waals surface area contributed by atoms with Crippen molar-refractivity contribution in [2.24, 2.45) is 0 Å². The zero-order chi connectivity index (χ0) is 13.4. The molecule has 0 radical (unpaired) electrons. The maximum atomic E-state index is 2.22. The quantitative estimate of drug-likeness (QED) is 0.684. The third-order valence-electron chi connectivity index (χ3n) is 2.98. The molecule has 0 fully saturated rings. The molecule has 18 heavy (non-hydrogen) atoms. The van der Waals surface area contributed by atoms with Gasteiger partial charge in [0.25, 0.3) is 0 Å². The molecule has 0 saturated heterocycles. The first-order chi connectivity index (χ1) is 8.65. The van der Waals surface area contributed by atoms with Crippen molar-refractivity contribution in [3.8, 4) is 0 Å². The zero-order valence-electron chi connectivity index (χ0n) is 12.0. The lowest BCUT2D eigenvalue weighted by molar-refractivity contribution is 1.13. The summed E-state index contributed by atoms with van der Waals surface area (Å²) in [7, 11) is 0. The van der Waals surface area contributed by atoms with Crippen molar-refractivity contribution >= 4 is 0 Å². The van der Waals surface area contributed by atoms with Crippen LogP contribution >= 0.6 is 0 Å². The topological polar surface area (TPSA) is 0 Å². The molecule has 0 aliphatic heterocycles. The Hall–Kier alpha value is -1.56. The van der Waals surface area contributed by atoms with Gasteiger partial charge in [0, 0.05) is 0 Å². The third kappa shape index (κ3) is 5.18. The fourth-order valence-electron chi connectivity index (χ4n) is 1.86. The molecular formula is C18H24. The highest BCUT2D eigenvalue weighted by molar-refractivity contribution is 5.22. The van der Waals surface area contributed by atoms with E-state index in [9.17, 15) is 0 Å². The lowest BCUT2D eigenvalue weighted by Crippen LogP contribution is -1.78. The number of benzene rings is 2. The van der Waals surface area contributed by atoms with Crippen molar-refractivity contribution in [1.82, 2.24) is 0 Å². The van der Waals surface area contributed by atoms with Crippen molar-refractivity contribution in [2.45, 2.75) is 40.5 Å². The average Bonchev–Trinajstić information content (AvgIpc) is 2.39. The van der Waals surface area contributed by atoms with E-state index >= 15 is 0 Å². The zero-order valence-corrected chi connectivity index (χ0v) is 12.0. The second-order valence-corrected chi connectivity index (χ2v) is 4.69. The minimum Gasteiger partial charge on any atom is -0.0617 e. The highest BCUT2D eigenvalue weighted by atomic mass is 13.9. The molecule has 0 amide bonds. The minimum atomic E-state index is 1.14. The summed E-state index contributed by atoms with van der Waals surface area (Å²) in [5.41, 5.74) is 5.56. The summed E-state index contributed by atoms with van der Waals surface area (Å²) in [6, 6.07) is 17.2. The molecule has 0 bridgehead atoms. The second-order valence-electron chi connectivity index (χ2n) is 4.69. The van der Waals surface area contributed by atoms with Crippen LogP contribution in [0.4, 0.5) is 0 Å². The Bertz CT molecular complexity index is 423. The first-order valence-corrected chi connectivity index (χ1v) is 6.76. The summed E-state index contributed by atoms with van der Waals surface area (Å²) in [5, 5.41) is 0. The Kier molecular flexibility index (Phi) is 6.21. The van der Waals surface area contributed by atoms with E-state index in [4.69, 9.17) is 0 Å². The van der Waals surface area contributed by atoms with Crippen molar-refractivity contribution in [3.05, 3.63) is 70.8 Å². The summed E-state index contributed by atoms with van der Waals surface area (Å²) < 4.78 is 0. The number of hydrogen-bond donors (Lipinski definition) is 0. The van der Waals surface area contributed by atoms with Gasteiger partial charge >= 0.3 is 0 Å². The van der Waals surface area contributed by atoms with Crippen LogP contribution < -0.4 is 0 Å². The highest BCUT2D eigenvalue weighted by Gasteiger charge is 1.86. The molecule has 0 N–H and O–H groups in total. The summed E-state index contributed by atoms with van der Waals surface area (Å²) in [6.45, 7) is 8.60. The second kappa shape index (κ2) is 7.71. The predicted molar refractivity (Wildman–Crippen MR) is 81.1 cm³/mol. The van der Waals surface area contributed by atoms with Gasteiger partial charge in [-0.1, -0.05) is 73.5 Å². The summed E-state index contributed by atoms with van der Waals surface area (Å²) in [6.07, 6.45) is 2.28. The van der Waals surface area contributed by atoms with E-state index in [0.717, 1.165) is 12.8 Å². The van der Waals surface area contributed by atoms with Gasteiger partial charge in [-0.25, -0.2) is 0 Å². The van der Waals surface area contributed by atoms with E-state index in [2.05, 4.69) is 76.2 Å². The molecule has 0 saturated carbocycles. The molecule has 0 nitrogen and oxygen atoms in total. The smallest absolute Gasteiger partial charge is 0.0307 e. The highest BCUT2D eigenvalue weighted by Crippen LogP contribution is 2.03. The third-order valence-corrected chi connectivity index (χ3v) is 2.98. The van der Waals surface area contributed by atoms with Crippen LogP contribution in [0.15, 0.2) is 48.5 Å². The lowest BCUT2D eigenvalue weighted by atomic mass is 10.1. The Balaban J connectivity index is 0.000000180. The average molecular weight is 240 g/mol. The minimum absolute atomic E-state index is 1.14. The maximum absolute atomic E-state index is 2.22. The van der Waals surface area contributed by atoms with Crippen molar-refractivity contribution in [3.63, 3.8) is 0 Å². The van der Waals surface area contributed by atoms with E-state index in [-0.39, 0.29) is 0 Å². The van der Waals surface area contributed by atoms with E-state index in [0.29, 0.717) is 0 Å². The SMILES string of the molecule is CCc1cccc(C)c1.CCc1cccc(C)c1. The van der Waals surface area contributed by atoms with E-state index in [1.807, 2.05) is 0 Å². The van der Waals surface area contributed by atoms with Gasteiger partial charge in [-0.15, -0.1) is 0 Å². The first kappa shape index (κ1) is 14.5. The van der Waals surface area contributed by atoms with Crippen LogP contribution in [0.1, 0.15) is 36.1 Å². The molecule has 2 aromatic rings. The molecule has 0 aromatic heterocycles. The Labute approximate surface area is 112 Å². The van der Waals surface area contributed by atoms with Crippen LogP contribution in [-0.4, -0.2) is 0 Å². The van der Waals surface area contributed by atoms with Crippen LogP contribution in [0.5, 0.6) is 0 Å². The molecule has 2 rings (SSSR count). The molecule has 2 aromatic carbocycles. The van der Waals surface area contributed by atoms with Crippen LogP contribution in [0.2, 0.25) is 0 Å². The van der Waals surface area contributed by atoms with Crippen molar-refractivity contribution < 1.29 is 0 Å². The number of aryl methyl sites for hydroxylation is 4. The fraction of sp³-hybridized carbons (Fsp3) is 0.333. The Morgan fingerprint density at radius 2 is 1.06 bits per heavy atom. The van der Waals surface area contributed by atoms with Gasteiger partial charge in [0.15, 0.2) is 0 Å². The van der Waals surface area contributed by atoms with Crippen LogP contribution in [0, 0.1) is 13.8 Å². The van der Waals surface area contributed by atoms with E-state index in [1.54, 1.807) is 0 Å². The molecular weight excluding hydrogens is 216 g/mol. The van der Waals surface area contributed by atoms with Gasteiger partial charge < -0.3 is 0 Å². The number of rotatable bonds is 2. The van der Waals surface area contributed by atoms with Gasteiger partial charge in [-0.05, 0) is 37.8 Å². The summed E-state index contributed by atoms with van der Waals surface area (Å²) in [5.74, 6) is 0.